The fraction of sp³-hybridized carbons (Fsp3) is 0.750. The molecule has 1 aromatic heterocycles. The lowest BCUT2D eigenvalue weighted by Crippen LogP contribution is -2.23. The Morgan fingerprint density at radius 3 is 3.06 bits per heavy atom. The summed E-state index contributed by atoms with van der Waals surface area (Å²) in [5.41, 5.74) is 0. The van der Waals surface area contributed by atoms with Gasteiger partial charge in [-0.15, -0.1) is 11.6 Å². The number of hydrogen-bond donors (Lipinski definition) is 1. The van der Waals surface area contributed by atoms with Gasteiger partial charge < -0.3 is 9.88 Å². The molecular formula is C12H20ClN3. The van der Waals surface area contributed by atoms with Gasteiger partial charge in [0.2, 0.25) is 0 Å². The van der Waals surface area contributed by atoms with Gasteiger partial charge in [0.25, 0.3) is 0 Å². The van der Waals surface area contributed by atoms with E-state index in [0.29, 0.717) is 5.38 Å². The Morgan fingerprint density at radius 1 is 1.44 bits per heavy atom. The molecule has 0 spiro atoms. The second-order valence-electron chi connectivity index (χ2n) is 4.63. The predicted molar refractivity (Wildman–Crippen MR) is 66.7 cm³/mol. The summed E-state index contributed by atoms with van der Waals surface area (Å²) < 4.78 is 2.12. The van der Waals surface area contributed by atoms with Crippen molar-refractivity contribution in [2.75, 3.05) is 13.1 Å². The maximum atomic E-state index is 6.08. The second kappa shape index (κ2) is 6.26. The third kappa shape index (κ3) is 3.80. The Balaban J connectivity index is 1.49. The van der Waals surface area contributed by atoms with Gasteiger partial charge >= 0.3 is 0 Å². The SMILES string of the molecule is ClC1CCC(CNCCCn2ccnc2)C1. The number of hydrogen-bond acceptors (Lipinski definition) is 2. The van der Waals surface area contributed by atoms with Crippen molar-refractivity contribution in [2.24, 2.45) is 5.92 Å². The van der Waals surface area contributed by atoms with Crippen molar-refractivity contribution < 1.29 is 0 Å². The van der Waals surface area contributed by atoms with Crippen LogP contribution < -0.4 is 5.32 Å². The van der Waals surface area contributed by atoms with Crippen molar-refractivity contribution in [3.8, 4) is 0 Å². The number of alkyl halides is 1. The van der Waals surface area contributed by atoms with Crippen molar-refractivity contribution in [2.45, 2.75) is 37.6 Å². The molecule has 0 bridgehead atoms. The van der Waals surface area contributed by atoms with Gasteiger partial charge in [-0.05, 0) is 44.7 Å². The summed E-state index contributed by atoms with van der Waals surface area (Å²) in [5, 5.41) is 3.95. The van der Waals surface area contributed by atoms with E-state index in [1.54, 1.807) is 0 Å². The van der Waals surface area contributed by atoms with Crippen LogP contribution in [0.5, 0.6) is 0 Å². The van der Waals surface area contributed by atoms with E-state index in [0.717, 1.165) is 32.0 Å². The molecule has 1 N–H and O–H groups in total. The molecule has 90 valence electrons. The molecule has 1 aromatic rings. The maximum absolute atomic E-state index is 6.08. The summed E-state index contributed by atoms with van der Waals surface area (Å²) in [6.07, 6.45) is 10.5. The average Bonchev–Trinajstić information content (AvgIpc) is 2.89. The van der Waals surface area contributed by atoms with Crippen LogP contribution in [0.2, 0.25) is 0 Å². The summed E-state index contributed by atoms with van der Waals surface area (Å²) >= 11 is 6.08. The fourth-order valence-electron chi connectivity index (χ4n) is 2.31. The number of imidazole rings is 1. The molecule has 16 heavy (non-hydrogen) atoms. The fourth-order valence-corrected chi connectivity index (χ4v) is 2.69. The molecule has 0 saturated heterocycles. The van der Waals surface area contributed by atoms with Gasteiger partial charge in [0.05, 0.1) is 6.33 Å². The summed E-state index contributed by atoms with van der Waals surface area (Å²) in [6, 6.07) is 0. The van der Waals surface area contributed by atoms with Crippen molar-refractivity contribution in [1.82, 2.24) is 14.9 Å². The Hall–Kier alpha value is -0.540. The predicted octanol–water partition coefficient (Wildman–Crippen LogP) is 2.27. The zero-order chi connectivity index (χ0) is 11.2. The number of aryl methyl sites for hydroxylation is 1. The van der Waals surface area contributed by atoms with Gasteiger partial charge in [-0.1, -0.05) is 0 Å². The van der Waals surface area contributed by atoms with Gasteiger partial charge in [0, 0.05) is 24.3 Å². The summed E-state index contributed by atoms with van der Waals surface area (Å²) in [7, 11) is 0. The van der Waals surface area contributed by atoms with Crippen molar-refractivity contribution in [3.05, 3.63) is 18.7 Å². The maximum Gasteiger partial charge on any atom is 0.0945 e. The lowest BCUT2D eigenvalue weighted by Gasteiger charge is -2.10. The minimum absolute atomic E-state index is 0.428. The first-order valence-electron chi connectivity index (χ1n) is 6.15. The minimum atomic E-state index is 0.428. The average molecular weight is 242 g/mol. The van der Waals surface area contributed by atoms with E-state index in [1.165, 1.54) is 19.3 Å². The van der Waals surface area contributed by atoms with E-state index in [2.05, 4.69) is 14.9 Å². The number of rotatable bonds is 6. The molecule has 1 aliphatic rings. The molecular weight excluding hydrogens is 222 g/mol. The second-order valence-corrected chi connectivity index (χ2v) is 5.25. The van der Waals surface area contributed by atoms with E-state index in [-0.39, 0.29) is 0 Å². The Kier molecular flexibility index (Phi) is 4.67. The molecule has 0 aromatic carbocycles. The zero-order valence-electron chi connectivity index (χ0n) is 9.61. The highest BCUT2D eigenvalue weighted by molar-refractivity contribution is 6.20. The van der Waals surface area contributed by atoms with Crippen molar-refractivity contribution in [1.29, 1.82) is 0 Å². The highest BCUT2D eigenvalue weighted by atomic mass is 35.5. The van der Waals surface area contributed by atoms with Gasteiger partial charge in [-0.3, -0.25) is 0 Å². The summed E-state index contributed by atoms with van der Waals surface area (Å²) in [4.78, 5) is 4.02. The third-order valence-corrected chi connectivity index (χ3v) is 3.64. The van der Waals surface area contributed by atoms with E-state index in [9.17, 15) is 0 Å². The van der Waals surface area contributed by atoms with Crippen LogP contribution >= 0.6 is 11.6 Å². The van der Waals surface area contributed by atoms with Gasteiger partial charge in [-0.25, -0.2) is 4.98 Å². The van der Waals surface area contributed by atoms with Crippen LogP contribution in [0.15, 0.2) is 18.7 Å². The summed E-state index contributed by atoms with van der Waals surface area (Å²) in [5.74, 6) is 0.802. The first-order chi connectivity index (χ1) is 7.84. The van der Waals surface area contributed by atoms with Gasteiger partial charge in [0.1, 0.15) is 0 Å². The van der Waals surface area contributed by atoms with Crippen LogP contribution in [0.4, 0.5) is 0 Å². The van der Waals surface area contributed by atoms with Crippen LogP contribution in [0, 0.1) is 5.92 Å². The molecule has 0 radical (unpaired) electrons. The van der Waals surface area contributed by atoms with E-state index in [1.807, 2.05) is 18.7 Å². The Morgan fingerprint density at radius 2 is 2.38 bits per heavy atom. The van der Waals surface area contributed by atoms with Crippen LogP contribution in [0.3, 0.4) is 0 Å². The molecule has 2 unspecified atom stereocenters. The molecule has 1 aliphatic carbocycles. The van der Waals surface area contributed by atoms with Crippen LogP contribution in [-0.2, 0) is 6.54 Å². The number of halogens is 1. The molecule has 1 heterocycles. The topological polar surface area (TPSA) is 29.9 Å². The van der Waals surface area contributed by atoms with E-state index >= 15 is 0 Å². The number of nitrogens with zero attached hydrogens (tertiary/aromatic N) is 2. The number of nitrogens with one attached hydrogen (secondary N) is 1. The molecule has 2 rings (SSSR count). The standard InChI is InChI=1S/C12H20ClN3/c13-12-3-2-11(8-12)9-14-4-1-6-16-7-5-15-10-16/h5,7,10-12,14H,1-4,6,8-9H2. The molecule has 4 heteroatoms. The van der Waals surface area contributed by atoms with Crippen molar-refractivity contribution >= 4 is 11.6 Å². The van der Waals surface area contributed by atoms with Crippen molar-refractivity contribution in [3.63, 3.8) is 0 Å². The third-order valence-electron chi connectivity index (χ3n) is 3.24. The van der Waals surface area contributed by atoms with E-state index in [4.69, 9.17) is 11.6 Å². The lowest BCUT2D eigenvalue weighted by molar-refractivity contribution is 0.476. The lowest BCUT2D eigenvalue weighted by atomic mass is 10.1. The Bertz CT molecular complexity index is 286. The molecule has 1 saturated carbocycles. The quantitative estimate of drug-likeness (QED) is 0.612. The largest absolute Gasteiger partial charge is 0.337 e. The van der Waals surface area contributed by atoms with Crippen LogP contribution in [0.1, 0.15) is 25.7 Å². The normalized spacial score (nSPS) is 25.1. The molecule has 1 fully saturated rings. The molecule has 3 nitrogen and oxygen atoms in total. The highest BCUT2D eigenvalue weighted by Gasteiger charge is 2.21. The smallest absolute Gasteiger partial charge is 0.0945 e. The Labute approximate surface area is 102 Å². The van der Waals surface area contributed by atoms with Crippen LogP contribution in [-0.4, -0.2) is 28.0 Å². The van der Waals surface area contributed by atoms with Gasteiger partial charge in [0.15, 0.2) is 0 Å². The molecule has 2 atom stereocenters. The minimum Gasteiger partial charge on any atom is -0.337 e. The van der Waals surface area contributed by atoms with E-state index < -0.39 is 0 Å². The zero-order valence-corrected chi connectivity index (χ0v) is 10.4. The van der Waals surface area contributed by atoms with Gasteiger partial charge in [-0.2, -0.15) is 0 Å². The summed E-state index contributed by atoms with van der Waals surface area (Å²) in [6.45, 7) is 3.27. The highest BCUT2D eigenvalue weighted by Crippen LogP contribution is 2.28. The molecule has 0 amide bonds. The monoisotopic (exact) mass is 241 g/mol. The van der Waals surface area contributed by atoms with Crippen LogP contribution in [0.25, 0.3) is 0 Å². The first kappa shape index (κ1) is 11.9. The first-order valence-corrected chi connectivity index (χ1v) is 6.59. The number of aromatic nitrogens is 2. The molecule has 0 aliphatic heterocycles.